The summed E-state index contributed by atoms with van der Waals surface area (Å²) in [4.78, 5) is 2.46. The largest absolute Gasteiger partial charge is 0.493 e. The normalized spacial score (nSPS) is 17.6. The summed E-state index contributed by atoms with van der Waals surface area (Å²) in [6.45, 7) is 3.47. The van der Waals surface area contributed by atoms with E-state index < -0.39 is 0 Å². The summed E-state index contributed by atoms with van der Waals surface area (Å²) in [6.07, 6.45) is 3.01. The van der Waals surface area contributed by atoms with Crippen LogP contribution in [-0.2, 0) is 24.1 Å². The van der Waals surface area contributed by atoms with Crippen LogP contribution in [0.3, 0.4) is 0 Å². The van der Waals surface area contributed by atoms with Gasteiger partial charge >= 0.3 is 0 Å². The third-order valence-electron chi connectivity index (χ3n) is 6.12. The van der Waals surface area contributed by atoms with Crippen molar-refractivity contribution in [2.45, 2.75) is 31.9 Å². The van der Waals surface area contributed by atoms with Crippen LogP contribution in [0.4, 0.5) is 0 Å². The molecule has 178 valence electrons. The molecule has 2 heterocycles. The first-order chi connectivity index (χ1) is 14.7. The molecule has 0 bridgehead atoms. The van der Waals surface area contributed by atoms with Crippen LogP contribution >= 0.6 is 12.4 Å². The molecule has 1 unspecified atom stereocenters. The van der Waals surface area contributed by atoms with E-state index in [4.69, 9.17) is 23.7 Å². The van der Waals surface area contributed by atoms with Crippen molar-refractivity contribution in [1.82, 2.24) is 4.90 Å². The zero-order valence-corrected chi connectivity index (χ0v) is 20.0. The van der Waals surface area contributed by atoms with Gasteiger partial charge in [-0.15, -0.1) is 12.4 Å². The lowest BCUT2D eigenvalue weighted by Crippen LogP contribution is -2.34. The Labute approximate surface area is 196 Å². The maximum atomic E-state index is 6.29. The van der Waals surface area contributed by atoms with E-state index in [1.807, 2.05) is 0 Å². The molecule has 0 fully saturated rings. The number of benzene rings is 2. The Kier molecular flexibility index (Phi) is 9.46. The maximum Gasteiger partial charge on any atom is 0.161 e. The number of methoxy groups -OCH3 is 4. The fraction of sp³-hybridized carbons (Fsp3) is 0.500. The van der Waals surface area contributed by atoms with Gasteiger partial charge in [-0.3, -0.25) is 4.90 Å². The average Bonchev–Trinajstić information content (AvgIpc) is 2.98. The first-order valence-corrected chi connectivity index (χ1v) is 10.5. The molecule has 0 saturated carbocycles. The Morgan fingerprint density at radius 1 is 0.812 bits per heavy atom. The second kappa shape index (κ2) is 11.6. The van der Waals surface area contributed by atoms with Gasteiger partial charge in [0.1, 0.15) is 0 Å². The predicted molar refractivity (Wildman–Crippen MR) is 126 cm³/mol. The molecule has 0 aromatic heterocycles. The highest BCUT2D eigenvalue weighted by Gasteiger charge is 2.27. The minimum absolute atomic E-state index is 0. The summed E-state index contributed by atoms with van der Waals surface area (Å²) in [5.74, 6) is 3.12. The first kappa shape index (κ1) is 26.1. The van der Waals surface area contributed by atoms with Crippen molar-refractivity contribution in [1.29, 1.82) is 0 Å². The highest BCUT2D eigenvalue weighted by molar-refractivity contribution is 5.85. The fourth-order valence-electron chi connectivity index (χ4n) is 4.51. The molecular weight excluding hydrogens is 434 g/mol. The van der Waals surface area contributed by atoms with Crippen molar-refractivity contribution in [2.24, 2.45) is 0 Å². The molecule has 32 heavy (non-hydrogen) atoms. The molecular formula is C24H34ClNO6. The number of nitrogens with zero attached hydrogens (tertiary/aromatic N) is 1. The van der Waals surface area contributed by atoms with Crippen LogP contribution in [0.25, 0.3) is 0 Å². The SMILES string of the molecule is COc1cc2c(cc1OC)CN(CC1OCCCc3cc(OC)c(OC)cc31)CC2.Cl.O. The molecule has 1 atom stereocenters. The fourth-order valence-corrected chi connectivity index (χ4v) is 4.51. The molecule has 2 N–H and O–H groups in total. The maximum absolute atomic E-state index is 6.29. The van der Waals surface area contributed by atoms with Gasteiger partial charge in [0.2, 0.25) is 0 Å². The van der Waals surface area contributed by atoms with Gasteiger partial charge in [-0.25, -0.2) is 0 Å². The number of hydrogen-bond donors (Lipinski definition) is 0. The second-order valence-electron chi connectivity index (χ2n) is 7.83. The van der Waals surface area contributed by atoms with E-state index in [1.165, 1.54) is 22.3 Å². The highest BCUT2D eigenvalue weighted by Crippen LogP contribution is 2.38. The van der Waals surface area contributed by atoms with Gasteiger partial charge in [0.05, 0.1) is 34.5 Å². The van der Waals surface area contributed by atoms with Crippen molar-refractivity contribution < 1.29 is 29.2 Å². The van der Waals surface area contributed by atoms with Gasteiger partial charge in [0, 0.05) is 26.2 Å². The quantitative estimate of drug-likeness (QED) is 0.647. The Bertz CT molecular complexity index is 907. The third-order valence-corrected chi connectivity index (χ3v) is 6.12. The van der Waals surface area contributed by atoms with E-state index in [1.54, 1.807) is 28.4 Å². The number of rotatable bonds is 6. The van der Waals surface area contributed by atoms with Crippen LogP contribution < -0.4 is 18.9 Å². The van der Waals surface area contributed by atoms with E-state index in [0.29, 0.717) is 0 Å². The van der Waals surface area contributed by atoms with Gasteiger partial charge in [0.15, 0.2) is 23.0 Å². The number of hydrogen-bond acceptors (Lipinski definition) is 6. The lowest BCUT2D eigenvalue weighted by Gasteiger charge is -2.32. The Morgan fingerprint density at radius 3 is 2.00 bits per heavy atom. The van der Waals surface area contributed by atoms with Gasteiger partial charge in [-0.2, -0.15) is 0 Å². The molecule has 8 heteroatoms. The Morgan fingerprint density at radius 2 is 1.38 bits per heavy atom. The lowest BCUT2D eigenvalue weighted by atomic mass is 9.96. The summed E-state index contributed by atoms with van der Waals surface area (Å²) in [5, 5.41) is 0. The topological polar surface area (TPSA) is 80.9 Å². The number of aryl methyl sites for hydroxylation is 1. The van der Waals surface area contributed by atoms with E-state index >= 15 is 0 Å². The van der Waals surface area contributed by atoms with Gasteiger partial charge in [-0.1, -0.05) is 0 Å². The highest BCUT2D eigenvalue weighted by atomic mass is 35.5. The monoisotopic (exact) mass is 467 g/mol. The summed E-state index contributed by atoms with van der Waals surface area (Å²) in [7, 11) is 6.73. The van der Waals surface area contributed by atoms with E-state index in [-0.39, 0.29) is 24.0 Å². The smallest absolute Gasteiger partial charge is 0.161 e. The summed E-state index contributed by atoms with van der Waals surface area (Å²) in [6, 6.07) is 8.42. The van der Waals surface area contributed by atoms with Crippen LogP contribution in [0, 0.1) is 0 Å². The van der Waals surface area contributed by atoms with Crippen LogP contribution in [0.1, 0.15) is 34.8 Å². The minimum Gasteiger partial charge on any atom is -0.493 e. The van der Waals surface area contributed by atoms with Gasteiger partial charge < -0.3 is 29.2 Å². The van der Waals surface area contributed by atoms with Crippen LogP contribution in [0.5, 0.6) is 23.0 Å². The molecule has 7 nitrogen and oxygen atoms in total. The molecule has 2 aromatic rings. The molecule has 0 aliphatic carbocycles. The number of halogens is 1. The summed E-state index contributed by atoms with van der Waals surface area (Å²) >= 11 is 0. The molecule has 2 aliphatic heterocycles. The lowest BCUT2D eigenvalue weighted by molar-refractivity contribution is 0.0248. The number of ether oxygens (including phenoxy) is 5. The molecule has 0 spiro atoms. The van der Waals surface area contributed by atoms with Crippen molar-refractivity contribution >= 4 is 12.4 Å². The standard InChI is InChI=1S/C24H31NO5.ClH.H2O/c1-26-20-10-16-7-8-25(14-18(16)12-22(20)28-3)15-24-19-13-23(29-4)21(27-2)11-17(19)6-5-9-30-24;;/h10-13,24H,5-9,14-15H2,1-4H3;1H;1H2. The zero-order chi connectivity index (χ0) is 21.1. The Balaban J connectivity index is 0.00000181. The van der Waals surface area contributed by atoms with Gasteiger partial charge in [0.25, 0.3) is 0 Å². The van der Waals surface area contributed by atoms with Crippen molar-refractivity contribution in [3.63, 3.8) is 0 Å². The van der Waals surface area contributed by atoms with Crippen LogP contribution in [0.15, 0.2) is 24.3 Å². The minimum atomic E-state index is 0. The Hall–Kier alpha value is -2.19. The zero-order valence-electron chi connectivity index (χ0n) is 19.2. The van der Waals surface area contributed by atoms with Crippen molar-refractivity contribution in [3.8, 4) is 23.0 Å². The van der Waals surface area contributed by atoms with Crippen molar-refractivity contribution in [3.05, 3.63) is 46.5 Å². The third kappa shape index (κ3) is 5.23. The molecule has 2 aliphatic rings. The molecule has 0 saturated heterocycles. The van der Waals surface area contributed by atoms with E-state index in [9.17, 15) is 0 Å². The molecule has 0 radical (unpaired) electrons. The molecule has 2 aromatic carbocycles. The van der Waals surface area contributed by atoms with Crippen LogP contribution in [-0.4, -0.2) is 58.5 Å². The molecule has 0 amide bonds. The summed E-state index contributed by atoms with van der Waals surface area (Å²) < 4.78 is 28.3. The van der Waals surface area contributed by atoms with Crippen LogP contribution in [0.2, 0.25) is 0 Å². The first-order valence-electron chi connectivity index (χ1n) is 10.5. The summed E-state index contributed by atoms with van der Waals surface area (Å²) in [5.41, 5.74) is 5.12. The molecule has 4 rings (SSSR count). The second-order valence-corrected chi connectivity index (χ2v) is 7.83. The van der Waals surface area contributed by atoms with Crippen molar-refractivity contribution in [2.75, 3.05) is 48.1 Å². The van der Waals surface area contributed by atoms with E-state index in [0.717, 1.165) is 68.5 Å². The van der Waals surface area contributed by atoms with E-state index in [2.05, 4.69) is 29.2 Å². The van der Waals surface area contributed by atoms with Gasteiger partial charge in [-0.05, 0) is 65.8 Å². The predicted octanol–water partition coefficient (Wildman–Crippen LogP) is 3.38. The number of fused-ring (bicyclic) bond motifs is 2. The average molecular weight is 468 g/mol.